The van der Waals surface area contributed by atoms with E-state index in [2.05, 4.69) is 16.3 Å². The Morgan fingerprint density at radius 1 is 1.39 bits per heavy atom. The Hall–Kier alpha value is -3.97. The second-order valence-electron chi connectivity index (χ2n) is 9.65. The molecule has 1 aliphatic rings. The second kappa shape index (κ2) is 8.60. The van der Waals surface area contributed by atoms with Crippen molar-refractivity contribution in [3.8, 4) is 17.5 Å². The highest BCUT2D eigenvalue weighted by Gasteiger charge is 2.40. The highest BCUT2D eigenvalue weighted by atomic mass is 19.1. The first kappa shape index (κ1) is 23.8. The summed E-state index contributed by atoms with van der Waals surface area (Å²) in [6.07, 6.45) is 0.743. The Bertz CT molecular complexity index is 1550. The maximum atomic E-state index is 16.2. The average Bonchev–Trinajstić information content (AvgIpc) is 3.57. The van der Waals surface area contributed by atoms with Crippen LogP contribution in [0.1, 0.15) is 43.9 Å². The summed E-state index contributed by atoms with van der Waals surface area (Å²) >= 11 is 0. The topological polar surface area (TPSA) is 113 Å². The van der Waals surface area contributed by atoms with E-state index in [1.165, 1.54) is 25.4 Å². The van der Waals surface area contributed by atoms with Crippen LogP contribution in [0.2, 0.25) is 0 Å². The standard InChI is InChI=1S/C26H24F2N4O4/c1-26(2,6-7-29)24-20(14-9-19(25(33)34)36-12-14)21-17(8-13-11-30-31-23(13)22(21)28)32(24)15-4-5-16(27)18(10-15)35-3/h4-5,8,10-11,14,19H,6,9,12H2,1-3H3,(H,30,31)(H,33,34). The quantitative estimate of drug-likeness (QED) is 0.393. The molecule has 2 atom stereocenters. The zero-order valence-corrected chi connectivity index (χ0v) is 19.9. The molecule has 2 aromatic carbocycles. The van der Waals surface area contributed by atoms with Crippen molar-refractivity contribution in [3.63, 3.8) is 0 Å². The fourth-order valence-corrected chi connectivity index (χ4v) is 5.23. The van der Waals surface area contributed by atoms with E-state index in [1.54, 1.807) is 12.1 Å². The molecule has 2 N–H and O–H groups in total. The molecule has 0 saturated carbocycles. The molecule has 3 heterocycles. The van der Waals surface area contributed by atoms with Crippen molar-refractivity contribution in [2.24, 2.45) is 0 Å². The molecular formula is C26H24F2N4O4. The van der Waals surface area contributed by atoms with Gasteiger partial charge in [0.15, 0.2) is 23.5 Å². The van der Waals surface area contributed by atoms with Gasteiger partial charge in [-0.05, 0) is 30.2 Å². The number of carboxylic acid groups (broad SMARTS) is 1. The number of carbonyl (C=O) groups is 1. The lowest BCUT2D eigenvalue weighted by Gasteiger charge is -2.28. The van der Waals surface area contributed by atoms with Gasteiger partial charge in [0.2, 0.25) is 0 Å². The molecule has 1 saturated heterocycles. The number of aliphatic carboxylic acids is 1. The number of benzene rings is 2. The van der Waals surface area contributed by atoms with Crippen LogP contribution >= 0.6 is 0 Å². The van der Waals surface area contributed by atoms with Gasteiger partial charge in [-0.15, -0.1) is 0 Å². The van der Waals surface area contributed by atoms with E-state index in [1.807, 2.05) is 18.4 Å². The Balaban J connectivity index is 1.93. The highest BCUT2D eigenvalue weighted by molar-refractivity contribution is 6.00. The molecule has 1 fully saturated rings. The minimum atomic E-state index is -1.08. The molecule has 10 heteroatoms. The summed E-state index contributed by atoms with van der Waals surface area (Å²) in [5.74, 6) is -2.60. The second-order valence-corrected chi connectivity index (χ2v) is 9.65. The number of H-pyrrole nitrogens is 1. The zero-order valence-electron chi connectivity index (χ0n) is 19.9. The number of ether oxygens (including phenoxy) is 2. The first-order valence-electron chi connectivity index (χ1n) is 11.4. The molecule has 4 aromatic rings. The number of rotatable bonds is 6. The molecule has 0 amide bonds. The van der Waals surface area contributed by atoms with E-state index in [4.69, 9.17) is 9.47 Å². The van der Waals surface area contributed by atoms with Crippen molar-refractivity contribution in [2.75, 3.05) is 13.7 Å². The number of aromatic amines is 1. The van der Waals surface area contributed by atoms with Crippen LogP contribution in [0.15, 0.2) is 30.5 Å². The lowest BCUT2D eigenvalue weighted by molar-refractivity contribution is -0.147. The predicted octanol–water partition coefficient (Wildman–Crippen LogP) is 4.94. The Morgan fingerprint density at radius 3 is 2.83 bits per heavy atom. The van der Waals surface area contributed by atoms with Crippen molar-refractivity contribution in [3.05, 3.63) is 53.4 Å². The first-order valence-corrected chi connectivity index (χ1v) is 11.4. The van der Waals surface area contributed by atoms with Crippen molar-refractivity contribution < 1.29 is 28.2 Å². The largest absolute Gasteiger partial charge is 0.494 e. The Labute approximate surface area is 205 Å². The van der Waals surface area contributed by atoms with Crippen molar-refractivity contribution in [1.29, 1.82) is 5.26 Å². The maximum absolute atomic E-state index is 16.2. The number of nitrogens with one attached hydrogen (secondary N) is 1. The Kier molecular flexibility index (Phi) is 5.68. The number of fused-ring (bicyclic) bond motifs is 2. The summed E-state index contributed by atoms with van der Waals surface area (Å²) in [7, 11) is 1.36. The van der Waals surface area contributed by atoms with Crippen LogP contribution in [-0.2, 0) is 14.9 Å². The zero-order chi connectivity index (χ0) is 25.8. The van der Waals surface area contributed by atoms with Crippen LogP contribution in [-0.4, -0.2) is 45.7 Å². The van der Waals surface area contributed by atoms with Crippen LogP contribution in [0.3, 0.4) is 0 Å². The lowest BCUT2D eigenvalue weighted by atomic mass is 9.79. The number of nitrogens with zero attached hydrogens (tertiary/aromatic N) is 3. The number of halogens is 2. The summed E-state index contributed by atoms with van der Waals surface area (Å²) in [5.41, 5.74) is 1.64. The van der Waals surface area contributed by atoms with Gasteiger partial charge in [0, 0.05) is 46.0 Å². The van der Waals surface area contributed by atoms with E-state index in [0.29, 0.717) is 27.8 Å². The normalized spacial score (nSPS) is 18.1. The fourth-order valence-electron chi connectivity index (χ4n) is 5.23. The van der Waals surface area contributed by atoms with Crippen LogP contribution in [0, 0.1) is 23.0 Å². The van der Waals surface area contributed by atoms with Gasteiger partial charge in [0.1, 0.15) is 5.52 Å². The smallest absolute Gasteiger partial charge is 0.332 e. The van der Waals surface area contributed by atoms with Crippen LogP contribution in [0.25, 0.3) is 27.5 Å². The number of hydrogen-bond acceptors (Lipinski definition) is 5. The van der Waals surface area contributed by atoms with E-state index < -0.39 is 35.0 Å². The highest BCUT2D eigenvalue weighted by Crippen LogP contribution is 2.47. The Morgan fingerprint density at radius 2 is 2.17 bits per heavy atom. The van der Waals surface area contributed by atoms with Gasteiger partial charge in [-0.2, -0.15) is 10.4 Å². The van der Waals surface area contributed by atoms with Gasteiger partial charge in [-0.3, -0.25) is 5.10 Å². The van der Waals surface area contributed by atoms with Crippen molar-refractivity contribution >= 4 is 27.8 Å². The van der Waals surface area contributed by atoms with E-state index >= 15 is 4.39 Å². The van der Waals surface area contributed by atoms with Gasteiger partial charge in [-0.25, -0.2) is 13.6 Å². The summed E-state index contributed by atoms with van der Waals surface area (Å²) < 4.78 is 43.1. The number of hydrogen-bond donors (Lipinski definition) is 2. The molecule has 36 heavy (non-hydrogen) atoms. The van der Waals surface area contributed by atoms with Crippen LogP contribution < -0.4 is 4.74 Å². The van der Waals surface area contributed by atoms with Crippen molar-refractivity contribution in [1.82, 2.24) is 14.8 Å². The van der Waals surface area contributed by atoms with Gasteiger partial charge in [0.05, 0.1) is 31.5 Å². The van der Waals surface area contributed by atoms with Crippen LogP contribution in [0.4, 0.5) is 8.78 Å². The number of aromatic nitrogens is 3. The van der Waals surface area contributed by atoms with Gasteiger partial charge in [0.25, 0.3) is 0 Å². The monoisotopic (exact) mass is 494 g/mol. The average molecular weight is 494 g/mol. The molecule has 0 bridgehead atoms. The van der Waals surface area contributed by atoms with E-state index in [0.717, 1.165) is 0 Å². The summed E-state index contributed by atoms with van der Waals surface area (Å²) in [6.45, 7) is 3.83. The van der Waals surface area contributed by atoms with E-state index in [-0.39, 0.29) is 36.1 Å². The molecular weight excluding hydrogens is 470 g/mol. The van der Waals surface area contributed by atoms with Gasteiger partial charge >= 0.3 is 5.97 Å². The third-order valence-corrected chi connectivity index (χ3v) is 6.88. The first-order chi connectivity index (χ1) is 17.2. The molecule has 0 radical (unpaired) electrons. The summed E-state index contributed by atoms with van der Waals surface area (Å²) in [4.78, 5) is 11.7. The third kappa shape index (κ3) is 3.58. The molecule has 8 nitrogen and oxygen atoms in total. The number of carboxylic acids is 1. The van der Waals surface area contributed by atoms with Crippen LogP contribution in [0.5, 0.6) is 5.75 Å². The third-order valence-electron chi connectivity index (χ3n) is 6.88. The molecule has 1 aliphatic heterocycles. The van der Waals surface area contributed by atoms with Crippen molar-refractivity contribution in [2.45, 2.75) is 44.1 Å². The lowest BCUT2D eigenvalue weighted by Crippen LogP contribution is -2.24. The summed E-state index contributed by atoms with van der Waals surface area (Å²) in [6, 6.07) is 8.36. The molecule has 2 aromatic heterocycles. The molecule has 0 spiro atoms. The molecule has 0 aliphatic carbocycles. The number of nitriles is 1. The molecule has 186 valence electrons. The number of methoxy groups -OCH3 is 1. The van der Waals surface area contributed by atoms with Gasteiger partial charge in [-0.1, -0.05) is 13.8 Å². The fraction of sp³-hybridized carbons (Fsp3) is 0.346. The SMILES string of the molecule is COc1cc(-n2c(C(C)(C)CC#N)c(C3COC(C(=O)O)C3)c3c(F)c4[nH]ncc4cc32)ccc1F. The molecule has 5 rings (SSSR count). The minimum absolute atomic E-state index is 0.0138. The maximum Gasteiger partial charge on any atom is 0.332 e. The minimum Gasteiger partial charge on any atom is -0.494 e. The van der Waals surface area contributed by atoms with E-state index in [9.17, 15) is 19.6 Å². The van der Waals surface area contributed by atoms with Gasteiger partial charge < -0.3 is 19.1 Å². The molecule has 2 unspecified atom stereocenters. The summed E-state index contributed by atoms with van der Waals surface area (Å²) in [5, 5.41) is 26.7. The predicted molar refractivity (Wildman–Crippen MR) is 127 cm³/mol.